The molecule has 26 heavy (non-hydrogen) atoms. The van der Waals surface area contributed by atoms with Gasteiger partial charge in [-0.2, -0.15) is 5.06 Å². The van der Waals surface area contributed by atoms with Crippen LogP contribution in [0.4, 0.5) is 5.69 Å². The van der Waals surface area contributed by atoms with Crippen molar-refractivity contribution in [2.24, 2.45) is 0 Å². The highest BCUT2D eigenvalue weighted by Gasteiger charge is 2.48. The van der Waals surface area contributed by atoms with Crippen molar-refractivity contribution in [2.45, 2.75) is 39.1 Å². The highest BCUT2D eigenvalue weighted by atomic mass is 31.2. The van der Waals surface area contributed by atoms with Crippen molar-refractivity contribution in [1.29, 1.82) is 0 Å². The highest BCUT2D eigenvalue weighted by molar-refractivity contribution is 7.54. The molecule has 1 aromatic rings. The number of rotatable bonds is 9. The van der Waals surface area contributed by atoms with Gasteiger partial charge in [0.15, 0.2) is 6.10 Å². The second-order valence-corrected chi connectivity index (χ2v) is 7.87. The molecule has 9 heteroatoms. The Labute approximate surface area is 154 Å². The van der Waals surface area contributed by atoms with Gasteiger partial charge in [0.1, 0.15) is 11.5 Å². The van der Waals surface area contributed by atoms with Gasteiger partial charge in [-0.15, -0.1) is 0 Å². The van der Waals surface area contributed by atoms with Crippen LogP contribution in [0.5, 0.6) is 5.75 Å². The van der Waals surface area contributed by atoms with Crippen molar-refractivity contribution in [1.82, 2.24) is 5.06 Å². The Hall–Kier alpha value is -1.44. The second kappa shape index (κ2) is 9.48. The van der Waals surface area contributed by atoms with Gasteiger partial charge in [-0.3, -0.25) is 14.2 Å². The first-order chi connectivity index (χ1) is 12.4. The molecule has 1 N–H and O–H groups in total. The molecule has 1 amide bonds. The summed E-state index contributed by atoms with van der Waals surface area (Å²) in [6.45, 7) is 6.49. The zero-order chi connectivity index (χ0) is 19.2. The van der Waals surface area contributed by atoms with Crippen molar-refractivity contribution in [3.63, 3.8) is 0 Å². The van der Waals surface area contributed by atoms with Gasteiger partial charge in [0, 0.05) is 19.2 Å². The monoisotopic (exact) mass is 386 g/mol. The van der Waals surface area contributed by atoms with E-state index in [0.717, 1.165) is 5.75 Å². The van der Waals surface area contributed by atoms with Gasteiger partial charge in [-0.05, 0) is 45.0 Å². The van der Waals surface area contributed by atoms with Gasteiger partial charge in [0.05, 0.1) is 19.8 Å². The molecule has 0 aromatic heterocycles. The molecule has 1 aliphatic rings. The summed E-state index contributed by atoms with van der Waals surface area (Å²) in [6, 6.07) is 7.07. The Kier molecular flexibility index (Phi) is 7.61. The number of carbonyl (C=O) groups is 1. The molecule has 0 radical (unpaired) electrons. The fourth-order valence-corrected chi connectivity index (χ4v) is 4.77. The van der Waals surface area contributed by atoms with E-state index in [0.29, 0.717) is 12.3 Å². The van der Waals surface area contributed by atoms with Crippen LogP contribution >= 0.6 is 7.60 Å². The summed E-state index contributed by atoms with van der Waals surface area (Å²) in [7, 11) is -1.77. The molecule has 2 rings (SSSR count). The third-order valence-corrected chi connectivity index (χ3v) is 6.35. The fraction of sp³-hybridized carbons (Fsp3) is 0.588. The van der Waals surface area contributed by atoms with Crippen LogP contribution in [0.25, 0.3) is 0 Å². The summed E-state index contributed by atoms with van der Waals surface area (Å²) < 4.78 is 29.1. The Bertz CT molecular complexity index is 629. The Morgan fingerprint density at radius 2 is 1.81 bits per heavy atom. The predicted octanol–water partition coefficient (Wildman–Crippen LogP) is 3.25. The zero-order valence-corrected chi connectivity index (χ0v) is 16.5. The molecule has 0 spiro atoms. The zero-order valence-electron chi connectivity index (χ0n) is 15.6. The Morgan fingerprint density at radius 1 is 1.19 bits per heavy atom. The molecular formula is C17H27N2O6P. The lowest BCUT2D eigenvalue weighted by molar-refractivity contribution is -0.155. The third-order valence-electron chi connectivity index (χ3n) is 3.85. The maximum absolute atomic E-state index is 12.9. The average Bonchev–Trinajstić information content (AvgIpc) is 3.00. The number of hydrogen-bond donors (Lipinski definition) is 1. The molecule has 2 atom stereocenters. The smallest absolute Gasteiger partial charge is 0.350 e. The molecule has 0 unspecified atom stereocenters. The minimum absolute atomic E-state index is 0.219. The van der Waals surface area contributed by atoms with E-state index in [-0.39, 0.29) is 25.5 Å². The molecule has 1 fully saturated rings. The first kappa shape index (κ1) is 20.9. The molecule has 146 valence electrons. The third kappa shape index (κ3) is 5.05. The van der Waals surface area contributed by atoms with E-state index in [9.17, 15) is 9.36 Å². The van der Waals surface area contributed by atoms with Crippen molar-refractivity contribution in [2.75, 3.05) is 32.2 Å². The van der Waals surface area contributed by atoms with Crippen LogP contribution < -0.4 is 10.1 Å². The van der Waals surface area contributed by atoms with E-state index in [2.05, 4.69) is 5.32 Å². The molecular weight excluding hydrogens is 359 g/mol. The number of ether oxygens (including phenoxy) is 1. The van der Waals surface area contributed by atoms with Crippen molar-refractivity contribution >= 4 is 19.2 Å². The maximum atomic E-state index is 12.9. The van der Waals surface area contributed by atoms with E-state index in [1.54, 1.807) is 45.2 Å². The summed E-state index contributed by atoms with van der Waals surface area (Å²) in [5.41, 5.74) is 0.631. The summed E-state index contributed by atoms with van der Waals surface area (Å²) in [5.74, 6) is -0.210. The fourth-order valence-electron chi connectivity index (χ4n) is 2.73. The average molecular weight is 386 g/mol. The lowest BCUT2D eigenvalue weighted by atomic mass is 10.2. The molecule has 0 aliphatic carbocycles. The quantitative estimate of drug-likeness (QED) is 0.652. The summed E-state index contributed by atoms with van der Waals surface area (Å²) in [6.07, 6.45) is -0.554. The molecule has 0 saturated carbocycles. The van der Waals surface area contributed by atoms with E-state index in [1.165, 1.54) is 5.06 Å². The normalized spacial score (nSPS) is 20.9. The first-order valence-electron chi connectivity index (χ1n) is 8.75. The maximum Gasteiger partial charge on any atom is 0.350 e. The number of nitrogens with one attached hydrogen (secondary N) is 1. The van der Waals surface area contributed by atoms with Gasteiger partial charge in [-0.25, -0.2) is 0 Å². The predicted molar refractivity (Wildman–Crippen MR) is 98.1 cm³/mol. The SMILES string of the molecule is CCOc1ccc(NC(=O)[C@H]2C[C@@H](P(=O)(OCC)OCC)N(C)O2)cc1. The number of amides is 1. The number of nitrogens with zero attached hydrogens (tertiary/aromatic N) is 1. The first-order valence-corrected chi connectivity index (χ1v) is 10.4. The van der Waals surface area contributed by atoms with Crippen LogP contribution in [0.1, 0.15) is 27.2 Å². The van der Waals surface area contributed by atoms with E-state index >= 15 is 0 Å². The summed E-state index contributed by atoms with van der Waals surface area (Å²) in [4.78, 5) is 18.1. The Balaban J connectivity index is 2.01. The van der Waals surface area contributed by atoms with Gasteiger partial charge in [-0.1, -0.05) is 0 Å². The topological polar surface area (TPSA) is 86.3 Å². The van der Waals surface area contributed by atoms with E-state index in [1.807, 2.05) is 6.92 Å². The largest absolute Gasteiger partial charge is 0.494 e. The van der Waals surface area contributed by atoms with Crippen LogP contribution in [0.15, 0.2) is 24.3 Å². The Morgan fingerprint density at radius 3 is 2.35 bits per heavy atom. The van der Waals surface area contributed by atoms with Crippen LogP contribution in [-0.4, -0.2) is 49.7 Å². The van der Waals surface area contributed by atoms with Gasteiger partial charge < -0.3 is 19.1 Å². The van der Waals surface area contributed by atoms with Gasteiger partial charge in [0.2, 0.25) is 0 Å². The van der Waals surface area contributed by atoms with E-state index < -0.39 is 19.5 Å². The molecule has 1 aliphatic heterocycles. The van der Waals surface area contributed by atoms with Crippen molar-refractivity contribution in [3.05, 3.63) is 24.3 Å². The number of anilines is 1. The van der Waals surface area contributed by atoms with E-state index in [4.69, 9.17) is 18.6 Å². The minimum atomic E-state index is -3.39. The highest BCUT2D eigenvalue weighted by Crippen LogP contribution is 2.57. The standard InChI is InChI=1S/C17H27N2O6P/c1-5-22-14-10-8-13(9-11-14)18-17(20)15-12-16(19(4)25-15)26(21,23-6-2)24-7-3/h8-11,15-16H,5-7,12H2,1-4H3,(H,18,20)/t15-,16-/m1/s1. The number of hydrogen-bond acceptors (Lipinski definition) is 7. The van der Waals surface area contributed by atoms with Crippen LogP contribution in [0.2, 0.25) is 0 Å². The van der Waals surface area contributed by atoms with Gasteiger partial charge >= 0.3 is 7.60 Å². The van der Waals surface area contributed by atoms with Crippen molar-refractivity contribution < 1.29 is 28.0 Å². The lowest BCUT2D eigenvalue weighted by Gasteiger charge is -2.25. The summed E-state index contributed by atoms with van der Waals surface area (Å²) in [5, 5.41) is 4.19. The number of hydroxylamine groups is 2. The van der Waals surface area contributed by atoms with Crippen LogP contribution in [0, 0.1) is 0 Å². The van der Waals surface area contributed by atoms with Crippen molar-refractivity contribution in [3.8, 4) is 5.75 Å². The minimum Gasteiger partial charge on any atom is -0.494 e. The molecule has 8 nitrogen and oxygen atoms in total. The second-order valence-electron chi connectivity index (χ2n) is 5.68. The lowest BCUT2D eigenvalue weighted by Crippen LogP contribution is -2.28. The molecule has 1 saturated heterocycles. The van der Waals surface area contributed by atoms with Crippen LogP contribution in [0.3, 0.4) is 0 Å². The molecule has 0 bridgehead atoms. The molecule has 1 heterocycles. The number of benzene rings is 1. The summed E-state index contributed by atoms with van der Waals surface area (Å²) >= 11 is 0. The van der Waals surface area contributed by atoms with Gasteiger partial charge in [0.25, 0.3) is 5.91 Å². The van der Waals surface area contributed by atoms with Crippen LogP contribution in [-0.2, 0) is 23.2 Å². The number of carbonyl (C=O) groups excluding carboxylic acids is 1. The molecule has 1 aromatic carbocycles.